The summed E-state index contributed by atoms with van der Waals surface area (Å²) >= 11 is 5.84. The third-order valence-electron chi connectivity index (χ3n) is 4.41. The van der Waals surface area contributed by atoms with E-state index in [4.69, 9.17) is 16.3 Å². The number of nitrogens with zero attached hydrogens (tertiary/aromatic N) is 3. The second kappa shape index (κ2) is 7.01. The summed E-state index contributed by atoms with van der Waals surface area (Å²) < 4.78 is 18.5. The van der Waals surface area contributed by atoms with E-state index in [1.165, 1.54) is 12.1 Å². The summed E-state index contributed by atoms with van der Waals surface area (Å²) in [5.74, 6) is 1.06. The third-order valence-corrected chi connectivity index (χ3v) is 4.70. The molecule has 2 aliphatic rings. The Hall–Kier alpha value is -2.51. The molecule has 0 atom stereocenters. The quantitative estimate of drug-likeness (QED) is 0.489. The smallest absolute Gasteiger partial charge is 0.141 e. The van der Waals surface area contributed by atoms with Gasteiger partial charge >= 0.3 is 0 Å². The van der Waals surface area contributed by atoms with Crippen LogP contribution in [-0.2, 0) is 17.6 Å². The highest BCUT2D eigenvalue weighted by molar-refractivity contribution is 6.30. The van der Waals surface area contributed by atoms with E-state index in [1.807, 2.05) is 0 Å². The van der Waals surface area contributed by atoms with Crippen molar-refractivity contribution in [2.45, 2.75) is 18.9 Å². The van der Waals surface area contributed by atoms with E-state index in [2.05, 4.69) is 20.4 Å². The lowest BCUT2D eigenvalue weighted by atomic mass is 9.98. The average molecular weight is 375 g/mol. The molecule has 3 heterocycles. The monoisotopic (exact) mass is 374 g/mol. The van der Waals surface area contributed by atoms with Gasteiger partial charge in [0, 0.05) is 30.2 Å². The number of pyridine rings is 1. The van der Waals surface area contributed by atoms with Crippen LogP contribution in [0.2, 0.25) is 5.02 Å². The van der Waals surface area contributed by atoms with Gasteiger partial charge in [-0.3, -0.25) is 4.99 Å². The molecule has 1 aromatic heterocycles. The molecule has 2 aromatic rings. The lowest BCUT2D eigenvalue weighted by Crippen LogP contribution is -2.33. The van der Waals surface area contributed by atoms with E-state index in [-0.39, 0.29) is 11.1 Å². The Kier molecular flexibility index (Phi) is 4.57. The van der Waals surface area contributed by atoms with Gasteiger partial charge in [0.15, 0.2) is 0 Å². The normalized spacial score (nSPS) is 18.5. The van der Waals surface area contributed by atoms with Gasteiger partial charge in [0.25, 0.3) is 0 Å². The van der Waals surface area contributed by atoms with Gasteiger partial charge in [-0.1, -0.05) is 22.8 Å². The molecule has 1 fully saturated rings. The predicted molar refractivity (Wildman–Crippen MR) is 97.0 cm³/mol. The van der Waals surface area contributed by atoms with Crippen LogP contribution in [0.3, 0.4) is 0 Å². The number of aromatic nitrogens is 1. The molecule has 0 saturated carbocycles. The molecule has 0 spiro atoms. The van der Waals surface area contributed by atoms with Crippen LogP contribution in [0.25, 0.3) is 0 Å². The van der Waals surface area contributed by atoms with Gasteiger partial charge in [-0.2, -0.15) is 0 Å². The summed E-state index contributed by atoms with van der Waals surface area (Å²) in [6.07, 6.45) is 2.55. The third kappa shape index (κ3) is 3.27. The Balaban J connectivity index is 1.60. The molecule has 0 unspecified atom stereocenters. The summed E-state index contributed by atoms with van der Waals surface area (Å²) in [7, 11) is 0. The second-order valence-electron chi connectivity index (χ2n) is 6.23. The predicted octanol–water partition coefficient (Wildman–Crippen LogP) is 3.06. The van der Waals surface area contributed by atoms with E-state index >= 15 is 0 Å². The molecule has 0 amide bonds. The maximum absolute atomic E-state index is 13.4. The fraction of sp³-hybridized carbons (Fsp3) is 0.278. The van der Waals surface area contributed by atoms with Crippen LogP contribution in [0, 0.1) is 5.82 Å². The Bertz CT molecular complexity index is 912. The topological polar surface area (TPSA) is 79.1 Å². The lowest BCUT2D eigenvalue weighted by molar-refractivity contribution is 0.0132. The number of aliphatic imine (C=N–C) groups is 1. The molecule has 2 N–H and O–H groups in total. The van der Waals surface area contributed by atoms with Crippen molar-refractivity contribution >= 4 is 29.0 Å². The molecule has 1 saturated heterocycles. The molecular formula is C18H16ClFN4O2. The number of hydrogen-bond acceptors (Lipinski definition) is 5. The van der Waals surface area contributed by atoms with Crippen molar-refractivity contribution in [2.75, 3.05) is 18.5 Å². The molecule has 2 aliphatic heterocycles. The van der Waals surface area contributed by atoms with E-state index in [9.17, 15) is 9.60 Å². The minimum atomic E-state index is -0.479. The van der Waals surface area contributed by atoms with Gasteiger partial charge in [0.2, 0.25) is 0 Å². The number of nitrogens with one attached hydrogen (secondary N) is 1. The Morgan fingerprint density at radius 2 is 2.23 bits per heavy atom. The highest BCUT2D eigenvalue weighted by Gasteiger charge is 2.26. The standard InChI is InChI=1S/C18H16ClFN4O2/c19-14-5-10(1-2-15(14)20)6-16(24-25)12-3-4-21-18-13(12)7-17(23-18)22-11-8-26-9-11/h1-5,11,25H,6-9H2,(H,21,22,23)/b24-16+. The fourth-order valence-electron chi connectivity index (χ4n) is 3.02. The van der Waals surface area contributed by atoms with E-state index < -0.39 is 5.82 Å². The van der Waals surface area contributed by atoms with Gasteiger partial charge in [0.05, 0.1) is 30.0 Å². The highest BCUT2D eigenvalue weighted by atomic mass is 35.5. The van der Waals surface area contributed by atoms with Crippen LogP contribution >= 0.6 is 11.6 Å². The highest BCUT2D eigenvalue weighted by Crippen LogP contribution is 2.27. The Morgan fingerprint density at radius 3 is 2.92 bits per heavy atom. The molecule has 6 nitrogen and oxygen atoms in total. The maximum atomic E-state index is 13.4. The van der Waals surface area contributed by atoms with Gasteiger partial charge in [-0.15, -0.1) is 0 Å². The number of rotatable bonds is 4. The van der Waals surface area contributed by atoms with Gasteiger partial charge < -0.3 is 15.3 Å². The largest absolute Gasteiger partial charge is 0.411 e. The van der Waals surface area contributed by atoms with E-state index in [1.54, 1.807) is 18.3 Å². The number of halogens is 2. The van der Waals surface area contributed by atoms with Crippen LogP contribution in [0.4, 0.5) is 10.2 Å². The van der Waals surface area contributed by atoms with E-state index in [0.717, 1.165) is 22.5 Å². The molecule has 0 bridgehead atoms. The lowest BCUT2D eigenvalue weighted by Gasteiger charge is -2.22. The van der Waals surface area contributed by atoms with Gasteiger partial charge in [-0.05, 0) is 23.8 Å². The number of hydrogen-bond donors (Lipinski definition) is 2. The van der Waals surface area contributed by atoms with Crippen molar-refractivity contribution in [1.82, 2.24) is 4.98 Å². The molecule has 134 valence electrons. The van der Waals surface area contributed by atoms with Crippen molar-refractivity contribution in [2.24, 2.45) is 10.1 Å². The van der Waals surface area contributed by atoms with Crippen LogP contribution < -0.4 is 5.32 Å². The summed E-state index contributed by atoms with van der Waals surface area (Å²) in [4.78, 5) is 8.95. The summed E-state index contributed by atoms with van der Waals surface area (Å²) in [5, 5.41) is 16.3. The zero-order valence-electron chi connectivity index (χ0n) is 13.7. The van der Waals surface area contributed by atoms with Gasteiger partial charge in [0.1, 0.15) is 17.5 Å². The van der Waals surface area contributed by atoms with Crippen molar-refractivity contribution in [3.05, 3.63) is 58.0 Å². The summed E-state index contributed by atoms with van der Waals surface area (Å²) in [5.41, 5.74) is 2.91. The fourth-order valence-corrected chi connectivity index (χ4v) is 3.22. The average Bonchev–Trinajstić information content (AvgIpc) is 3.02. The first-order valence-corrected chi connectivity index (χ1v) is 8.56. The molecule has 8 heteroatoms. The SMILES string of the molecule is O/N=C(\Cc1ccc(F)c(Cl)c1)c1ccnc2c1CC(=NC1COC1)N2. The zero-order valence-corrected chi connectivity index (χ0v) is 14.5. The molecule has 4 rings (SSSR count). The second-order valence-corrected chi connectivity index (χ2v) is 6.63. The molecule has 0 aliphatic carbocycles. The number of fused-ring (bicyclic) bond motifs is 1. The summed E-state index contributed by atoms with van der Waals surface area (Å²) in [6.45, 7) is 1.27. The number of amidine groups is 1. The minimum Gasteiger partial charge on any atom is -0.411 e. The number of benzene rings is 1. The minimum absolute atomic E-state index is 0.0403. The number of oxime groups is 1. The van der Waals surface area contributed by atoms with Gasteiger partial charge in [-0.25, -0.2) is 9.37 Å². The first kappa shape index (κ1) is 16.9. The maximum Gasteiger partial charge on any atom is 0.141 e. The zero-order chi connectivity index (χ0) is 18.1. The molecular weight excluding hydrogens is 359 g/mol. The first-order chi connectivity index (χ1) is 12.6. The van der Waals surface area contributed by atoms with Crippen LogP contribution in [-0.4, -0.2) is 41.0 Å². The van der Waals surface area contributed by atoms with Crippen LogP contribution in [0.5, 0.6) is 0 Å². The molecule has 1 aromatic carbocycles. The van der Waals surface area contributed by atoms with Crippen molar-refractivity contribution < 1.29 is 14.3 Å². The number of ether oxygens (including phenoxy) is 1. The molecule has 0 radical (unpaired) electrons. The number of anilines is 1. The Morgan fingerprint density at radius 1 is 1.38 bits per heavy atom. The van der Waals surface area contributed by atoms with Crippen molar-refractivity contribution in [1.29, 1.82) is 0 Å². The van der Waals surface area contributed by atoms with Crippen molar-refractivity contribution in [3.8, 4) is 0 Å². The van der Waals surface area contributed by atoms with Crippen LogP contribution in [0.15, 0.2) is 40.6 Å². The van der Waals surface area contributed by atoms with E-state index in [0.29, 0.717) is 37.6 Å². The first-order valence-electron chi connectivity index (χ1n) is 8.18. The van der Waals surface area contributed by atoms with Crippen LogP contribution in [0.1, 0.15) is 16.7 Å². The molecule has 26 heavy (non-hydrogen) atoms. The summed E-state index contributed by atoms with van der Waals surface area (Å²) in [6, 6.07) is 6.44. The Labute approximate surface area is 154 Å². The van der Waals surface area contributed by atoms with Crippen molar-refractivity contribution in [3.63, 3.8) is 0 Å².